The second kappa shape index (κ2) is 6.15. The van der Waals surface area contributed by atoms with E-state index in [0.717, 1.165) is 36.3 Å². The number of hydrogen-bond acceptors (Lipinski definition) is 4. The molecule has 0 saturated heterocycles. The quantitative estimate of drug-likeness (QED) is 0.847. The van der Waals surface area contributed by atoms with Crippen molar-refractivity contribution in [1.29, 1.82) is 0 Å². The Morgan fingerprint density at radius 3 is 3.00 bits per heavy atom. The van der Waals surface area contributed by atoms with Crippen LogP contribution in [0.3, 0.4) is 0 Å². The minimum absolute atomic E-state index is 0.0321. The molecular formula is C21H24N4O2. The number of ether oxygens (including phenoxy) is 1. The Labute approximate surface area is 159 Å². The molecule has 140 valence electrons. The van der Waals surface area contributed by atoms with Crippen LogP contribution in [0.15, 0.2) is 53.3 Å². The van der Waals surface area contributed by atoms with Crippen LogP contribution in [0, 0.1) is 5.92 Å². The van der Waals surface area contributed by atoms with Crippen molar-refractivity contribution >= 4 is 12.2 Å². The van der Waals surface area contributed by atoms with E-state index in [-0.39, 0.29) is 29.6 Å². The molecule has 3 atom stereocenters. The van der Waals surface area contributed by atoms with E-state index < -0.39 is 0 Å². The van der Waals surface area contributed by atoms with Gasteiger partial charge in [-0.3, -0.25) is 5.01 Å². The summed E-state index contributed by atoms with van der Waals surface area (Å²) >= 11 is 0. The van der Waals surface area contributed by atoms with Crippen LogP contribution in [-0.4, -0.2) is 35.9 Å². The van der Waals surface area contributed by atoms with Crippen molar-refractivity contribution in [2.75, 3.05) is 7.05 Å². The van der Waals surface area contributed by atoms with Crippen LogP contribution >= 0.6 is 0 Å². The van der Waals surface area contributed by atoms with Gasteiger partial charge in [0.05, 0.1) is 12.1 Å². The van der Waals surface area contributed by atoms with Gasteiger partial charge in [0.2, 0.25) is 0 Å². The number of amides is 2. The van der Waals surface area contributed by atoms with E-state index in [0.29, 0.717) is 0 Å². The van der Waals surface area contributed by atoms with Crippen LogP contribution in [0.4, 0.5) is 4.79 Å². The normalized spacial score (nSPS) is 29.3. The third kappa shape index (κ3) is 2.89. The second-order valence-corrected chi connectivity index (χ2v) is 7.92. The van der Waals surface area contributed by atoms with E-state index in [1.165, 1.54) is 6.42 Å². The molecule has 5 rings (SSSR count). The zero-order chi connectivity index (χ0) is 18.4. The first-order chi connectivity index (χ1) is 13.1. The molecule has 4 aliphatic rings. The predicted octanol–water partition coefficient (Wildman–Crippen LogP) is 3.10. The summed E-state index contributed by atoms with van der Waals surface area (Å²) < 4.78 is 6.26. The van der Waals surface area contributed by atoms with E-state index in [9.17, 15) is 4.79 Å². The first-order valence-corrected chi connectivity index (χ1v) is 9.64. The van der Waals surface area contributed by atoms with Crippen molar-refractivity contribution in [3.63, 3.8) is 0 Å². The fraction of sp³-hybridized carbons (Fsp3) is 0.429. The molecule has 1 fully saturated rings. The molecule has 0 radical (unpaired) electrons. The zero-order valence-corrected chi connectivity index (χ0v) is 15.4. The zero-order valence-electron chi connectivity index (χ0n) is 15.4. The van der Waals surface area contributed by atoms with Crippen molar-refractivity contribution in [2.45, 2.75) is 43.4 Å². The number of urea groups is 1. The number of rotatable bonds is 2. The Bertz CT molecular complexity index is 855. The minimum atomic E-state index is -0.177. The fourth-order valence-electron chi connectivity index (χ4n) is 4.49. The Balaban J connectivity index is 1.29. The van der Waals surface area contributed by atoms with Crippen LogP contribution in [0.5, 0.6) is 5.75 Å². The number of fused-ring (bicyclic) bond motifs is 2. The van der Waals surface area contributed by atoms with Gasteiger partial charge < -0.3 is 15.4 Å². The molecule has 1 aromatic rings. The number of benzene rings is 1. The number of nitrogens with one attached hydrogen (secondary N) is 2. The Morgan fingerprint density at radius 1 is 1.33 bits per heavy atom. The summed E-state index contributed by atoms with van der Waals surface area (Å²) in [6.45, 7) is 0. The van der Waals surface area contributed by atoms with E-state index in [4.69, 9.17) is 4.74 Å². The molecule has 1 spiro atoms. The highest BCUT2D eigenvalue weighted by atomic mass is 16.5. The van der Waals surface area contributed by atoms with E-state index in [1.54, 1.807) is 0 Å². The summed E-state index contributed by atoms with van der Waals surface area (Å²) in [4.78, 5) is 12.7. The molecule has 1 saturated carbocycles. The van der Waals surface area contributed by atoms with E-state index in [2.05, 4.69) is 27.9 Å². The lowest BCUT2D eigenvalue weighted by Crippen LogP contribution is -2.50. The number of carbonyl (C=O) groups is 1. The molecule has 2 aliphatic carbocycles. The number of nitrogens with zero attached hydrogens (tertiary/aromatic N) is 2. The van der Waals surface area contributed by atoms with Crippen molar-refractivity contribution in [3.8, 4) is 5.75 Å². The lowest BCUT2D eigenvalue weighted by molar-refractivity contribution is -0.0355. The minimum Gasteiger partial charge on any atom is -0.487 e. The number of hydrogen-bond donors (Lipinski definition) is 2. The highest BCUT2D eigenvalue weighted by molar-refractivity contribution is 5.78. The van der Waals surface area contributed by atoms with Gasteiger partial charge in [-0.2, -0.15) is 5.10 Å². The Kier molecular flexibility index (Phi) is 3.74. The first kappa shape index (κ1) is 16.4. The molecule has 6 heteroatoms. The summed E-state index contributed by atoms with van der Waals surface area (Å²) in [5.74, 6) is 1.11. The maximum Gasteiger partial charge on any atom is 0.319 e. The SMILES string of the molecule is CN1N=CC2C=C(NC(=O)NC3CC4(CCC4)Oc4ccccc43)C=CC21. The van der Waals surface area contributed by atoms with Crippen LogP contribution in [0.1, 0.15) is 37.3 Å². The first-order valence-electron chi connectivity index (χ1n) is 9.64. The largest absolute Gasteiger partial charge is 0.487 e. The number of likely N-dealkylation sites (N-methyl/N-ethyl adjacent to an activating group) is 1. The molecular weight excluding hydrogens is 340 g/mol. The summed E-state index contributed by atoms with van der Waals surface area (Å²) in [5, 5.41) is 12.4. The fourth-order valence-corrected chi connectivity index (χ4v) is 4.49. The third-order valence-corrected chi connectivity index (χ3v) is 6.12. The van der Waals surface area contributed by atoms with Crippen LogP contribution in [-0.2, 0) is 0 Å². The number of hydrazone groups is 1. The molecule has 2 aliphatic heterocycles. The van der Waals surface area contributed by atoms with Crippen molar-refractivity contribution < 1.29 is 9.53 Å². The maximum absolute atomic E-state index is 12.7. The maximum atomic E-state index is 12.7. The van der Waals surface area contributed by atoms with Gasteiger partial charge in [-0.05, 0) is 37.5 Å². The smallest absolute Gasteiger partial charge is 0.319 e. The monoisotopic (exact) mass is 364 g/mol. The summed E-state index contributed by atoms with van der Waals surface area (Å²) in [5.41, 5.74) is 1.77. The van der Waals surface area contributed by atoms with Crippen molar-refractivity contribution in [1.82, 2.24) is 15.6 Å². The van der Waals surface area contributed by atoms with Crippen molar-refractivity contribution in [3.05, 3.63) is 53.8 Å². The van der Waals surface area contributed by atoms with Crippen LogP contribution < -0.4 is 15.4 Å². The Morgan fingerprint density at radius 2 is 2.19 bits per heavy atom. The standard InChI is InChI=1S/C21H24N4O2/c1-25-18-8-7-15(11-14(18)13-22-25)23-20(26)24-17-12-21(9-4-10-21)27-19-6-3-2-5-16(17)19/h2-3,5-8,11,13-14,17-18H,4,9-10,12H2,1H3,(H2,23,24,26). The molecule has 0 aromatic heterocycles. The molecule has 0 bridgehead atoms. The average Bonchev–Trinajstić information content (AvgIpc) is 3.00. The van der Waals surface area contributed by atoms with Gasteiger partial charge in [0.15, 0.2) is 0 Å². The highest BCUT2D eigenvalue weighted by Gasteiger charge is 2.45. The van der Waals surface area contributed by atoms with Gasteiger partial charge >= 0.3 is 6.03 Å². The summed E-state index contributed by atoms with van der Waals surface area (Å²) in [6, 6.07) is 8.07. The summed E-state index contributed by atoms with van der Waals surface area (Å²) in [7, 11) is 1.96. The molecule has 2 amide bonds. The lowest BCUT2D eigenvalue weighted by atomic mass is 9.73. The summed E-state index contributed by atoms with van der Waals surface area (Å²) in [6.07, 6.45) is 12.2. The average molecular weight is 364 g/mol. The number of para-hydroxylation sites is 1. The van der Waals surface area contributed by atoms with Gasteiger partial charge in [-0.15, -0.1) is 0 Å². The number of allylic oxidation sites excluding steroid dienone is 1. The van der Waals surface area contributed by atoms with E-state index in [1.807, 2.05) is 48.6 Å². The van der Waals surface area contributed by atoms with Crippen molar-refractivity contribution in [2.24, 2.45) is 11.0 Å². The topological polar surface area (TPSA) is 66.0 Å². The molecule has 3 unspecified atom stereocenters. The molecule has 27 heavy (non-hydrogen) atoms. The van der Waals surface area contributed by atoms with Gasteiger partial charge in [-0.25, -0.2) is 4.79 Å². The number of carbonyl (C=O) groups excluding carboxylic acids is 1. The van der Waals surface area contributed by atoms with E-state index >= 15 is 0 Å². The predicted molar refractivity (Wildman–Crippen MR) is 103 cm³/mol. The van der Waals surface area contributed by atoms with Gasteiger partial charge in [0, 0.05) is 36.9 Å². The van der Waals surface area contributed by atoms with Gasteiger partial charge in [0.1, 0.15) is 11.4 Å². The molecule has 1 aromatic carbocycles. The third-order valence-electron chi connectivity index (χ3n) is 6.12. The van der Waals surface area contributed by atoms with Gasteiger partial charge in [0.25, 0.3) is 0 Å². The highest BCUT2D eigenvalue weighted by Crippen LogP contribution is 2.48. The second-order valence-electron chi connectivity index (χ2n) is 7.92. The van der Waals surface area contributed by atoms with Crippen LogP contribution in [0.25, 0.3) is 0 Å². The van der Waals surface area contributed by atoms with Gasteiger partial charge in [-0.1, -0.05) is 24.3 Å². The molecule has 2 N–H and O–H groups in total. The molecule has 2 heterocycles. The molecule has 6 nitrogen and oxygen atoms in total. The Hall–Kier alpha value is -2.76. The van der Waals surface area contributed by atoms with Crippen LogP contribution in [0.2, 0.25) is 0 Å². The lowest BCUT2D eigenvalue weighted by Gasteiger charge is -2.48.